The number of amides is 1. The van der Waals surface area contributed by atoms with E-state index in [0.29, 0.717) is 0 Å². The van der Waals surface area contributed by atoms with E-state index in [1.165, 1.54) is 26.2 Å². The first-order valence-corrected chi connectivity index (χ1v) is 4.15. The minimum absolute atomic E-state index is 0.144. The average Bonchev–Trinajstić information content (AvgIpc) is 2.16. The Morgan fingerprint density at radius 1 is 1.53 bits per heavy atom. The molecule has 1 aromatic rings. The third-order valence-electron chi connectivity index (χ3n) is 1.65. The summed E-state index contributed by atoms with van der Waals surface area (Å²) in [5, 5.41) is 11.6. The van der Waals surface area contributed by atoms with Crippen molar-refractivity contribution in [1.29, 1.82) is 0 Å². The second kappa shape index (κ2) is 4.45. The molecule has 1 amide bonds. The van der Waals surface area contributed by atoms with Gasteiger partial charge in [-0.15, -0.1) is 0 Å². The molecule has 5 heteroatoms. The summed E-state index contributed by atoms with van der Waals surface area (Å²) in [6.45, 7) is 1.30. The summed E-state index contributed by atoms with van der Waals surface area (Å²) in [6, 6.07) is 4.92. The van der Waals surface area contributed by atoms with E-state index < -0.39 is 5.97 Å². The van der Waals surface area contributed by atoms with Crippen molar-refractivity contribution in [1.82, 2.24) is 0 Å². The van der Waals surface area contributed by atoms with Crippen LogP contribution in [0.1, 0.15) is 17.3 Å². The lowest BCUT2D eigenvalue weighted by atomic mass is 10.1. The first-order valence-electron chi connectivity index (χ1n) is 4.15. The van der Waals surface area contributed by atoms with Gasteiger partial charge in [-0.2, -0.15) is 0 Å². The number of carbonyl (C=O) groups is 2. The van der Waals surface area contributed by atoms with Crippen molar-refractivity contribution >= 4 is 17.6 Å². The fourth-order valence-electron chi connectivity index (χ4n) is 1.05. The topological polar surface area (TPSA) is 75.6 Å². The maximum atomic E-state index is 11.3. The van der Waals surface area contributed by atoms with Gasteiger partial charge < -0.3 is 15.2 Å². The van der Waals surface area contributed by atoms with Crippen LogP contribution in [0.25, 0.3) is 0 Å². The molecule has 0 aliphatic rings. The third-order valence-corrected chi connectivity index (χ3v) is 1.65. The van der Waals surface area contributed by atoms with Crippen LogP contribution in [0.2, 0.25) is 0 Å². The predicted molar refractivity (Wildman–Crippen MR) is 52.6 cm³/mol. The molecule has 1 aromatic carbocycles. The van der Waals surface area contributed by atoms with E-state index in [-0.39, 0.29) is 22.9 Å². The lowest BCUT2D eigenvalue weighted by Crippen LogP contribution is -2.11. The van der Waals surface area contributed by atoms with E-state index in [1.54, 1.807) is 0 Å². The number of hydrogen-bond donors (Lipinski definition) is 2. The minimum Gasteiger partial charge on any atom is -0.507 e. The van der Waals surface area contributed by atoms with Crippen molar-refractivity contribution < 1.29 is 19.4 Å². The van der Waals surface area contributed by atoms with Crippen molar-refractivity contribution in [3.05, 3.63) is 23.8 Å². The number of rotatable bonds is 2. The number of benzene rings is 1. The molecule has 0 aromatic heterocycles. The second-order valence-corrected chi connectivity index (χ2v) is 2.82. The molecular formula is C10H10NO4. The summed E-state index contributed by atoms with van der Waals surface area (Å²) in [5.41, 5.74) is 0.344. The van der Waals surface area contributed by atoms with Crippen LogP contribution in [0.3, 0.4) is 0 Å². The molecule has 79 valence electrons. The molecule has 2 N–H and O–H groups in total. The lowest BCUT2D eigenvalue weighted by Gasteiger charge is -2.08. The van der Waals surface area contributed by atoms with Crippen LogP contribution >= 0.6 is 0 Å². The summed E-state index contributed by atoms with van der Waals surface area (Å²) < 4.78 is 4.51. The normalized spacial score (nSPS) is 9.47. The number of phenolic OH excluding ortho intramolecular Hbond substituents is 1. The third kappa shape index (κ3) is 2.70. The van der Waals surface area contributed by atoms with Gasteiger partial charge in [-0.05, 0) is 6.07 Å². The van der Waals surface area contributed by atoms with E-state index in [4.69, 9.17) is 5.11 Å². The van der Waals surface area contributed by atoms with E-state index in [0.717, 1.165) is 0 Å². The number of anilines is 1. The number of carbonyl (C=O) groups excluding carboxylic acids is 2. The minimum atomic E-state index is -0.602. The van der Waals surface area contributed by atoms with Gasteiger partial charge in [0.25, 0.3) is 0 Å². The number of methoxy groups -OCH3 is 1. The van der Waals surface area contributed by atoms with Crippen molar-refractivity contribution in [2.75, 3.05) is 12.4 Å². The van der Waals surface area contributed by atoms with Gasteiger partial charge in [0, 0.05) is 19.1 Å². The van der Waals surface area contributed by atoms with Crippen LogP contribution in [-0.4, -0.2) is 24.1 Å². The summed E-state index contributed by atoms with van der Waals surface area (Å²) >= 11 is 0. The molecule has 15 heavy (non-hydrogen) atoms. The Kier molecular flexibility index (Phi) is 3.28. The van der Waals surface area contributed by atoms with Crippen molar-refractivity contribution in [2.45, 2.75) is 6.92 Å². The Morgan fingerprint density at radius 2 is 2.20 bits per heavy atom. The van der Waals surface area contributed by atoms with Gasteiger partial charge in [0.05, 0.1) is 18.4 Å². The van der Waals surface area contributed by atoms with Crippen molar-refractivity contribution in [3.63, 3.8) is 0 Å². The number of ether oxygens (including phenoxy) is 1. The molecule has 0 heterocycles. The highest BCUT2D eigenvalue weighted by Gasteiger charge is 2.13. The van der Waals surface area contributed by atoms with E-state index in [9.17, 15) is 9.59 Å². The van der Waals surface area contributed by atoms with Crippen LogP contribution in [0.5, 0.6) is 5.75 Å². The van der Waals surface area contributed by atoms with Crippen LogP contribution in [0.15, 0.2) is 12.1 Å². The SMILES string of the molecule is COC(=O)c1c[c]c(O)cc1NC(C)=O. The fraction of sp³-hybridized carbons (Fsp3) is 0.200. The summed E-state index contributed by atoms with van der Waals surface area (Å²) in [6.07, 6.45) is 0. The summed E-state index contributed by atoms with van der Waals surface area (Å²) in [5.74, 6) is -1.10. The van der Waals surface area contributed by atoms with Crippen molar-refractivity contribution in [3.8, 4) is 5.75 Å². The standard InChI is InChI=1S/C10H10NO4/c1-6(12)11-9-5-7(13)3-4-8(9)10(14)15-2/h4-5,13H,1-2H3,(H,11,12). The number of nitrogens with one attached hydrogen (secondary N) is 1. The molecule has 0 saturated carbocycles. The zero-order valence-electron chi connectivity index (χ0n) is 8.33. The summed E-state index contributed by atoms with van der Waals surface area (Å²) in [7, 11) is 1.23. The van der Waals surface area contributed by atoms with E-state index in [2.05, 4.69) is 16.1 Å². The average molecular weight is 208 g/mol. The Bertz CT molecular complexity index is 400. The second-order valence-electron chi connectivity index (χ2n) is 2.82. The van der Waals surface area contributed by atoms with Crippen LogP contribution in [0.4, 0.5) is 5.69 Å². The molecule has 0 unspecified atom stereocenters. The van der Waals surface area contributed by atoms with Gasteiger partial charge in [-0.1, -0.05) is 0 Å². The predicted octanol–water partition coefficient (Wildman–Crippen LogP) is 0.937. The molecule has 0 aliphatic heterocycles. The smallest absolute Gasteiger partial charge is 0.340 e. The number of aromatic hydroxyl groups is 1. The van der Waals surface area contributed by atoms with E-state index >= 15 is 0 Å². The molecule has 1 radical (unpaired) electrons. The molecule has 0 atom stereocenters. The summed E-state index contributed by atoms with van der Waals surface area (Å²) in [4.78, 5) is 22.1. The molecule has 0 bridgehead atoms. The van der Waals surface area contributed by atoms with Crippen LogP contribution in [-0.2, 0) is 9.53 Å². The highest BCUT2D eigenvalue weighted by atomic mass is 16.5. The van der Waals surface area contributed by atoms with Gasteiger partial charge in [0.15, 0.2) is 0 Å². The van der Waals surface area contributed by atoms with Gasteiger partial charge in [-0.25, -0.2) is 4.79 Å². The Morgan fingerprint density at radius 3 is 2.73 bits per heavy atom. The molecule has 1 rings (SSSR count). The largest absolute Gasteiger partial charge is 0.507 e. The van der Waals surface area contributed by atoms with E-state index in [1.807, 2.05) is 0 Å². The number of esters is 1. The molecule has 0 spiro atoms. The van der Waals surface area contributed by atoms with Crippen molar-refractivity contribution in [2.24, 2.45) is 0 Å². The molecule has 5 nitrogen and oxygen atoms in total. The highest BCUT2D eigenvalue weighted by Crippen LogP contribution is 2.21. The Hall–Kier alpha value is -2.04. The molecular weight excluding hydrogens is 198 g/mol. The zero-order chi connectivity index (χ0) is 11.4. The number of phenols is 1. The maximum absolute atomic E-state index is 11.3. The number of hydrogen-bond acceptors (Lipinski definition) is 4. The Labute approximate surface area is 86.7 Å². The van der Waals surface area contributed by atoms with Crippen LogP contribution < -0.4 is 5.32 Å². The van der Waals surface area contributed by atoms with Gasteiger partial charge in [0.1, 0.15) is 5.75 Å². The molecule has 0 saturated heterocycles. The maximum Gasteiger partial charge on any atom is 0.340 e. The Balaban J connectivity index is 3.13. The fourth-order valence-corrected chi connectivity index (χ4v) is 1.05. The first kappa shape index (κ1) is 11.0. The van der Waals surface area contributed by atoms with Gasteiger partial charge in [0.2, 0.25) is 5.91 Å². The molecule has 0 aliphatic carbocycles. The van der Waals surface area contributed by atoms with Crippen LogP contribution in [0, 0.1) is 6.07 Å². The molecule has 0 fully saturated rings. The highest BCUT2D eigenvalue weighted by molar-refractivity contribution is 6.00. The quantitative estimate of drug-likeness (QED) is 0.709. The lowest BCUT2D eigenvalue weighted by molar-refractivity contribution is -0.114. The van der Waals surface area contributed by atoms with Gasteiger partial charge in [-0.3, -0.25) is 4.79 Å². The zero-order valence-corrected chi connectivity index (χ0v) is 8.33. The monoisotopic (exact) mass is 208 g/mol. The first-order chi connectivity index (χ1) is 7.04. The van der Waals surface area contributed by atoms with Gasteiger partial charge >= 0.3 is 5.97 Å².